The summed E-state index contributed by atoms with van der Waals surface area (Å²) in [6, 6.07) is 8.26. The van der Waals surface area contributed by atoms with Gasteiger partial charge in [0.2, 0.25) is 0 Å². The van der Waals surface area contributed by atoms with Gasteiger partial charge in [0.05, 0.1) is 23.6 Å². The second-order valence-electron chi connectivity index (χ2n) is 7.44. The maximum Gasteiger partial charge on any atom is 0.0951 e. The molecule has 0 radical (unpaired) electrons. The summed E-state index contributed by atoms with van der Waals surface area (Å²) in [7, 11) is 0. The highest BCUT2D eigenvalue weighted by Gasteiger charge is 2.40. The van der Waals surface area contributed by atoms with Crippen molar-refractivity contribution in [3.05, 3.63) is 46.2 Å². The van der Waals surface area contributed by atoms with Gasteiger partial charge in [0, 0.05) is 48.5 Å². The SMILES string of the molecule is Cc1nn(-c2ccc(Cl)cc2)c(C)c1CN[C@@H]1CCO[C@]2(CCOC2)C1. The van der Waals surface area contributed by atoms with Crippen LogP contribution >= 0.6 is 11.6 Å². The predicted octanol–water partition coefficient (Wildman–Crippen LogP) is 3.57. The van der Waals surface area contributed by atoms with Gasteiger partial charge in [-0.05, 0) is 51.0 Å². The van der Waals surface area contributed by atoms with Gasteiger partial charge in [-0.25, -0.2) is 4.68 Å². The molecule has 0 amide bonds. The van der Waals surface area contributed by atoms with Gasteiger partial charge in [-0.2, -0.15) is 5.10 Å². The number of nitrogens with zero attached hydrogens (tertiary/aromatic N) is 2. The molecule has 26 heavy (non-hydrogen) atoms. The van der Waals surface area contributed by atoms with E-state index in [1.54, 1.807) is 0 Å². The summed E-state index contributed by atoms with van der Waals surface area (Å²) in [5, 5.41) is 9.21. The summed E-state index contributed by atoms with van der Waals surface area (Å²) in [6.07, 6.45) is 3.08. The van der Waals surface area contributed by atoms with Gasteiger partial charge in [-0.1, -0.05) is 11.6 Å². The molecule has 0 aliphatic carbocycles. The number of aromatic nitrogens is 2. The number of hydrogen-bond donors (Lipinski definition) is 1. The third kappa shape index (κ3) is 3.54. The zero-order chi connectivity index (χ0) is 18.1. The monoisotopic (exact) mass is 375 g/mol. The third-order valence-electron chi connectivity index (χ3n) is 5.64. The number of rotatable bonds is 4. The van der Waals surface area contributed by atoms with Crippen molar-refractivity contribution >= 4 is 11.6 Å². The molecule has 140 valence electrons. The van der Waals surface area contributed by atoms with E-state index < -0.39 is 0 Å². The van der Waals surface area contributed by atoms with Gasteiger partial charge in [0.15, 0.2) is 0 Å². The van der Waals surface area contributed by atoms with E-state index in [2.05, 4.69) is 19.2 Å². The molecule has 1 N–H and O–H groups in total. The van der Waals surface area contributed by atoms with Crippen molar-refractivity contribution in [3.8, 4) is 5.69 Å². The van der Waals surface area contributed by atoms with E-state index in [9.17, 15) is 0 Å². The molecule has 2 aliphatic rings. The molecule has 1 aromatic heterocycles. The first-order chi connectivity index (χ1) is 12.6. The van der Waals surface area contributed by atoms with Crippen molar-refractivity contribution in [2.24, 2.45) is 0 Å². The molecule has 4 rings (SSSR count). The molecule has 2 aromatic rings. The fourth-order valence-corrected chi connectivity index (χ4v) is 4.20. The van der Waals surface area contributed by atoms with Crippen LogP contribution < -0.4 is 5.32 Å². The van der Waals surface area contributed by atoms with Crippen LogP contribution in [-0.4, -0.2) is 41.2 Å². The summed E-state index contributed by atoms with van der Waals surface area (Å²) < 4.78 is 13.6. The second kappa shape index (κ2) is 7.31. The normalized spacial score (nSPS) is 25.9. The van der Waals surface area contributed by atoms with E-state index in [4.69, 9.17) is 26.2 Å². The fourth-order valence-electron chi connectivity index (χ4n) is 4.08. The van der Waals surface area contributed by atoms with Crippen LogP contribution in [0.25, 0.3) is 5.69 Å². The summed E-state index contributed by atoms with van der Waals surface area (Å²) in [5.41, 5.74) is 4.48. The number of hydrogen-bond acceptors (Lipinski definition) is 4. The van der Waals surface area contributed by atoms with Gasteiger partial charge in [0.1, 0.15) is 0 Å². The van der Waals surface area contributed by atoms with E-state index in [0.717, 1.165) is 62.0 Å². The zero-order valence-electron chi connectivity index (χ0n) is 15.4. The molecule has 2 fully saturated rings. The highest BCUT2D eigenvalue weighted by atomic mass is 35.5. The first-order valence-electron chi connectivity index (χ1n) is 9.32. The minimum Gasteiger partial charge on any atom is -0.378 e. The lowest BCUT2D eigenvalue weighted by molar-refractivity contribution is -0.0894. The lowest BCUT2D eigenvalue weighted by Gasteiger charge is -2.37. The van der Waals surface area contributed by atoms with Crippen molar-refractivity contribution in [2.75, 3.05) is 19.8 Å². The van der Waals surface area contributed by atoms with Crippen LogP contribution in [0, 0.1) is 13.8 Å². The Bertz CT molecular complexity index is 766. The highest BCUT2D eigenvalue weighted by Crippen LogP contribution is 2.33. The average Bonchev–Trinajstić information content (AvgIpc) is 3.19. The van der Waals surface area contributed by atoms with Crippen LogP contribution in [0.2, 0.25) is 5.02 Å². The van der Waals surface area contributed by atoms with E-state index in [-0.39, 0.29) is 5.60 Å². The first-order valence-corrected chi connectivity index (χ1v) is 9.70. The Morgan fingerprint density at radius 2 is 2.08 bits per heavy atom. The number of halogens is 1. The fraction of sp³-hybridized carbons (Fsp3) is 0.550. The zero-order valence-corrected chi connectivity index (χ0v) is 16.2. The minimum absolute atomic E-state index is 0.0620. The Hall–Kier alpha value is -1.40. The predicted molar refractivity (Wildman–Crippen MR) is 102 cm³/mol. The van der Waals surface area contributed by atoms with Crippen molar-refractivity contribution in [3.63, 3.8) is 0 Å². The van der Waals surface area contributed by atoms with Crippen molar-refractivity contribution < 1.29 is 9.47 Å². The maximum absolute atomic E-state index is 6.04. The molecule has 0 saturated carbocycles. The highest BCUT2D eigenvalue weighted by molar-refractivity contribution is 6.30. The summed E-state index contributed by atoms with van der Waals surface area (Å²) in [4.78, 5) is 0. The standard InChI is InChI=1S/C20H26ClN3O2/c1-14-19(15(2)24(23-14)18-5-3-16(21)4-6-18)12-22-17-7-9-26-20(11-17)8-10-25-13-20/h3-6,17,22H,7-13H2,1-2H3/t17-,20-/m1/s1. The number of aryl methyl sites for hydroxylation is 1. The van der Waals surface area contributed by atoms with Crippen LogP contribution in [0.4, 0.5) is 0 Å². The molecule has 3 heterocycles. The molecular formula is C20H26ClN3O2. The molecule has 0 unspecified atom stereocenters. The smallest absolute Gasteiger partial charge is 0.0951 e. The Morgan fingerprint density at radius 1 is 1.27 bits per heavy atom. The molecule has 1 aromatic carbocycles. The first kappa shape index (κ1) is 18.0. The molecule has 5 nitrogen and oxygen atoms in total. The van der Waals surface area contributed by atoms with Crippen LogP contribution in [-0.2, 0) is 16.0 Å². The Kier molecular flexibility index (Phi) is 5.06. The quantitative estimate of drug-likeness (QED) is 0.887. The van der Waals surface area contributed by atoms with Crippen LogP contribution in [0.15, 0.2) is 24.3 Å². The molecular weight excluding hydrogens is 350 g/mol. The molecule has 2 aliphatic heterocycles. The minimum atomic E-state index is -0.0620. The van der Waals surface area contributed by atoms with Gasteiger partial charge < -0.3 is 14.8 Å². The molecule has 2 atom stereocenters. The number of nitrogens with one attached hydrogen (secondary N) is 1. The Labute approximate surface area is 159 Å². The molecule has 6 heteroatoms. The average molecular weight is 376 g/mol. The molecule has 1 spiro atoms. The van der Waals surface area contributed by atoms with Crippen molar-refractivity contribution in [2.45, 2.75) is 51.3 Å². The Morgan fingerprint density at radius 3 is 2.81 bits per heavy atom. The lowest BCUT2D eigenvalue weighted by atomic mass is 9.89. The van der Waals surface area contributed by atoms with Gasteiger partial charge in [-0.3, -0.25) is 0 Å². The summed E-state index contributed by atoms with van der Waals surface area (Å²) >= 11 is 6.00. The number of benzene rings is 1. The Balaban J connectivity index is 1.46. The topological polar surface area (TPSA) is 48.3 Å². The summed E-state index contributed by atoms with van der Waals surface area (Å²) in [6.45, 7) is 7.39. The van der Waals surface area contributed by atoms with E-state index in [1.807, 2.05) is 28.9 Å². The molecule has 2 saturated heterocycles. The van der Waals surface area contributed by atoms with E-state index >= 15 is 0 Å². The van der Waals surface area contributed by atoms with Crippen molar-refractivity contribution in [1.29, 1.82) is 0 Å². The number of ether oxygens (including phenoxy) is 2. The van der Waals surface area contributed by atoms with Gasteiger partial charge in [-0.15, -0.1) is 0 Å². The lowest BCUT2D eigenvalue weighted by Crippen LogP contribution is -2.47. The van der Waals surface area contributed by atoms with Crippen molar-refractivity contribution in [1.82, 2.24) is 15.1 Å². The van der Waals surface area contributed by atoms with E-state index in [1.165, 1.54) is 11.3 Å². The van der Waals surface area contributed by atoms with Crippen LogP contribution in [0.3, 0.4) is 0 Å². The summed E-state index contributed by atoms with van der Waals surface area (Å²) in [5.74, 6) is 0. The second-order valence-corrected chi connectivity index (χ2v) is 7.88. The largest absolute Gasteiger partial charge is 0.378 e. The van der Waals surface area contributed by atoms with Gasteiger partial charge >= 0.3 is 0 Å². The van der Waals surface area contributed by atoms with Gasteiger partial charge in [0.25, 0.3) is 0 Å². The van der Waals surface area contributed by atoms with Crippen LogP contribution in [0.1, 0.15) is 36.2 Å². The third-order valence-corrected chi connectivity index (χ3v) is 5.89. The molecule has 0 bridgehead atoms. The van der Waals surface area contributed by atoms with E-state index in [0.29, 0.717) is 6.04 Å². The van der Waals surface area contributed by atoms with Crippen LogP contribution in [0.5, 0.6) is 0 Å². The maximum atomic E-state index is 6.04.